The summed E-state index contributed by atoms with van der Waals surface area (Å²) < 4.78 is 26.0. The van der Waals surface area contributed by atoms with Gasteiger partial charge in [-0.25, -0.2) is 12.7 Å². The molecule has 0 amide bonds. The lowest BCUT2D eigenvalue weighted by molar-refractivity contribution is 0.221. The molecule has 1 aliphatic heterocycles. The Hall–Kier alpha value is -0.430. The molecule has 4 nitrogen and oxygen atoms in total. The van der Waals surface area contributed by atoms with Gasteiger partial charge < -0.3 is 5.73 Å². The number of halogens is 1. The minimum absolute atomic E-state index is 0.308. The third-order valence-electron chi connectivity index (χ3n) is 4.15. The standard InChI is InChI=1S/C15H23BrN2O2S/c1-15(17,13-6-3-7-14(16)9-13)10-12-5-4-8-18(11-12)21(2,19)20/h3,6-7,9,12H,4-5,8,10-11,17H2,1-2H3. The molecule has 118 valence electrons. The first-order valence-electron chi connectivity index (χ1n) is 7.18. The molecule has 1 aliphatic rings. The molecule has 1 aromatic carbocycles. The van der Waals surface area contributed by atoms with Gasteiger partial charge in [-0.3, -0.25) is 0 Å². The monoisotopic (exact) mass is 374 g/mol. The van der Waals surface area contributed by atoms with Crippen LogP contribution in [0.25, 0.3) is 0 Å². The minimum Gasteiger partial charge on any atom is -0.322 e. The molecule has 2 N–H and O–H groups in total. The highest BCUT2D eigenvalue weighted by Crippen LogP contribution is 2.32. The third-order valence-corrected chi connectivity index (χ3v) is 5.91. The minimum atomic E-state index is -3.10. The Balaban J connectivity index is 2.09. The fourth-order valence-electron chi connectivity index (χ4n) is 3.06. The highest BCUT2D eigenvalue weighted by Gasteiger charge is 2.31. The van der Waals surface area contributed by atoms with Crippen LogP contribution in [0.2, 0.25) is 0 Å². The topological polar surface area (TPSA) is 63.4 Å². The average Bonchev–Trinajstić information content (AvgIpc) is 2.37. The van der Waals surface area contributed by atoms with Crippen molar-refractivity contribution in [3.8, 4) is 0 Å². The molecule has 1 heterocycles. The molecule has 1 saturated heterocycles. The Labute approximate surface area is 135 Å². The molecule has 2 atom stereocenters. The molecule has 21 heavy (non-hydrogen) atoms. The van der Waals surface area contributed by atoms with Crippen LogP contribution in [0.15, 0.2) is 28.7 Å². The fourth-order valence-corrected chi connectivity index (χ4v) is 4.40. The summed E-state index contributed by atoms with van der Waals surface area (Å²) in [6.07, 6.45) is 4.01. The van der Waals surface area contributed by atoms with Crippen LogP contribution in [0.4, 0.5) is 0 Å². The van der Waals surface area contributed by atoms with E-state index in [0.29, 0.717) is 19.0 Å². The van der Waals surface area contributed by atoms with Gasteiger partial charge in [0.2, 0.25) is 10.0 Å². The van der Waals surface area contributed by atoms with Crippen LogP contribution >= 0.6 is 15.9 Å². The van der Waals surface area contributed by atoms with Crippen molar-refractivity contribution < 1.29 is 8.42 Å². The second-order valence-corrected chi connectivity index (χ2v) is 9.16. The van der Waals surface area contributed by atoms with Crippen molar-refractivity contribution in [3.63, 3.8) is 0 Å². The van der Waals surface area contributed by atoms with Crippen LogP contribution in [-0.2, 0) is 15.6 Å². The van der Waals surface area contributed by atoms with Crippen molar-refractivity contribution in [1.29, 1.82) is 0 Å². The quantitative estimate of drug-likeness (QED) is 0.880. The first kappa shape index (κ1) is 16.9. The van der Waals surface area contributed by atoms with E-state index < -0.39 is 15.6 Å². The lowest BCUT2D eigenvalue weighted by Gasteiger charge is -2.36. The van der Waals surface area contributed by atoms with E-state index in [1.165, 1.54) is 6.26 Å². The second-order valence-electron chi connectivity index (χ2n) is 6.26. The van der Waals surface area contributed by atoms with Crippen LogP contribution in [0.5, 0.6) is 0 Å². The van der Waals surface area contributed by atoms with Gasteiger partial charge in [0.15, 0.2) is 0 Å². The molecule has 2 rings (SSSR count). The van der Waals surface area contributed by atoms with Crippen LogP contribution < -0.4 is 5.73 Å². The summed E-state index contributed by atoms with van der Waals surface area (Å²) >= 11 is 3.47. The number of benzene rings is 1. The molecule has 0 saturated carbocycles. The van der Waals surface area contributed by atoms with Crippen LogP contribution in [-0.4, -0.2) is 32.1 Å². The van der Waals surface area contributed by atoms with Gasteiger partial charge in [-0.1, -0.05) is 28.1 Å². The van der Waals surface area contributed by atoms with E-state index in [1.807, 2.05) is 31.2 Å². The van der Waals surface area contributed by atoms with Gasteiger partial charge in [-0.15, -0.1) is 0 Å². The first-order valence-corrected chi connectivity index (χ1v) is 9.83. The Bertz CT molecular complexity index is 601. The van der Waals surface area contributed by atoms with Crippen molar-refractivity contribution in [2.24, 2.45) is 11.7 Å². The molecular weight excluding hydrogens is 352 g/mol. The Kier molecular flexibility index (Phi) is 5.13. The van der Waals surface area contributed by atoms with E-state index in [9.17, 15) is 8.42 Å². The fraction of sp³-hybridized carbons (Fsp3) is 0.600. The van der Waals surface area contributed by atoms with Gasteiger partial charge in [0.05, 0.1) is 6.26 Å². The summed E-state index contributed by atoms with van der Waals surface area (Å²) in [7, 11) is -3.10. The molecule has 1 fully saturated rings. The van der Waals surface area contributed by atoms with E-state index in [-0.39, 0.29) is 0 Å². The lowest BCUT2D eigenvalue weighted by Crippen LogP contribution is -2.43. The zero-order valence-electron chi connectivity index (χ0n) is 12.5. The molecule has 0 aromatic heterocycles. The number of rotatable bonds is 4. The molecule has 2 unspecified atom stereocenters. The van der Waals surface area contributed by atoms with Crippen molar-refractivity contribution in [2.45, 2.75) is 31.7 Å². The van der Waals surface area contributed by atoms with Crippen molar-refractivity contribution >= 4 is 26.0 Å². The van der Waals surface area contributed by atoms with Crippen LogP contribution in [0, 0.1) is 5.92 Å². The van der Waals surface area contributed by atoms with Crippen LogP contribution in [0.1, 0.15) is 31.7 Å². The molecular formula is C15H23BrN2O2S. The Morgan fingerprint density at radius 1 is 1.48 bits per heavy atom. The van der Waals surface area contributed by atoms with Gasteiger partial charge in [-0.05, 0) is 49.8 Å². The molecule has 0 spiro atoms. The predicted octanol–water partition coefficient (Wildman–Crippen LogP) is 2.68. The number of sulfonamides is 1. The summed E-state index contributed by atoms with van der Waals surface area (Å²) in [4.78, 5) is 0. The maximum atomic E-state index is 11.7. The first-order chi connectivity index (χ1) is 9.68. The Morgan fingerprint density at radius 2 is 2.19 bits per heavy atom. The zero-order valence-corrected chi connectivity index (χ0v) is 15.0. The summed E-state index contributed by atoms with van der Waals surface area (Å²) in [6.45, 7) is 3.24. The maximum absolute atomic E-state index is 11.7. The predicted molar refractivity (Wildman–Crippen MR) is 89.4 cm³/mol. The van der Waals surface area contributed by atoms with Crippen molar-refractivity contribution in [1.82, 2.24) is 4.31 Å². The van der Waals surface area contributed by atoms with Crippen molar-refractivity contribution in [2.75, 3.05) is 19.3 Å². The Morgan fingerprint density at radius 3 is 2.81 bits per heavy atom. The maximum Gasteiger partial charge on any atom is 0.211 e. The number of nitrogens with zero attached hydrogens (tertiary/aromatic N) is 1. The van der Waals surface area contributed by atoms with Gasteiger partial charge in [0.25, 0.3) is 0 Å². The number of piperidine rings is 1. The van der Waals surface area contributed by atoms with Gasteiger partial charge in [-0.2, -0.15) is 0 Å². The largest absolute Gasteiger partial charge is 0.322 e. The zero-order chi connectivity index (χ0) is 15.7. The van der Waals surface area contributed by atoms with Crippen molar-refractivity contribution in [3.05, 3.63) is 34.3 Å². The molecule has 6 heteroatoms. The summed E-state index contributed by atoms with van der Waals surface area (Å²) in [5.41, 5.74) is 7.13. The highest BCUT2D eigenvalue weighted by molar-refractivity contribution is 9.10. The van der Waals surface area contributed by atoms with Gasteiger partial charge in [0.1, 0.15) is 0 Å². The molecule has 0 bridgehead atoms. The number of hydrogen-bond acceptors (Lipinski definition) is 3. The van der Waals surface area contributed by atoms with Crippen LogP contribution in [0.3, 0.4) is 0 Å². The lowest BCUT2D eigenvalue weighted by atomic mass is 9.81. The highest BCUT2D eigenvalue weighted by atomic mass is 79.9. The second kappa shape index (κ2) is 6.36. The number of hydrogen-bond donors (Lipinski definition) is 1. The van der Waals surface area contributed by atoms with E-state index in [4.69, 9.17) is 5.73 Å². The summed E-state index contributed by atoms with van der Waals surface area (Å²) in [5.74, 6) is 0.308. The van der Waals surface area contributed by atoms with Gasteiger partial charge in [0, 0.05) is 23.1 Å². The normalized spacial score (nSPS) is 23.7. The molecule has 0 radical (unpaired) electrons. The smallest absolute Gasteiger partial charge is 0.211 e. The summed E-state index contributed by atoms with van der Waals surface area (Å²) in [5, 5.41) is 0. The summed E-state index contributed by atoms with van der Waals surface area (Å²) in [6, 6.07) is 8.03. The van der Waals surface area contributed by atoms with Gasteiger partial charge >= 0.3 is 0 Å². The van der Waals surface area contributed by atoms with E-state index >= 15 is 0 Å². The SMILES string of the molecule is CC(N)(CC1CCCN(S(C)(=O)=O)C1)c1cccc(Br)c1. The van der Waals surface area contributed by atoms with E-state index in [0.717, 1.165) is 29.3 Å². The average molecular weight is 375 g/mol. The van der Waals surface area contributed by atoms with E-state index in [2.05, 4.69) is 15.9 Å². The molecule has 0 aliphatic carbocycles. The van der Waals surface area contributed by atoms with E-state index in [1.54, 1.807) is 4.31 Å². The number of nitrogens with two attached hydrogens (primary N) is 1. The third kappa shape index (κ3) is 4.52. The molecule has 1 aromatic rings.